The first-order valence-corrected chi connectivity index (χ1v) is 6.64. The van der Waals surface area contributed by atoms with Crippen molar-refractivity contribution < 1.29 is 17.6 Å². The highest BCUT2D eigenvalue weighted by atomic mass is 79.9. The lowest BCUT2D eigenvalue weighted by Crippen LogP contribution is -2.14. The van der Waals surface area contributed by atoms with Crippen LogP contribution in [0.1, 0.15) is 19.2 Å². The van der Waals surface area contributed by atoms with Crippen molar-refractivity contribution in [3.8, 4) is 11.5 Å². The molecule has 20 heavy (non-hydrogen) atoms. The van der Waals surface area contributed by atoms with Gasteiger partial charge in [-0.3, -0.25) is 0 Å². The Morgan fingerprint density at radius 1 is 1.35 bits per heavy atom. The maximum Gasteiger partial charge on any atom is 0.451 e. The van der Waals surface area contributed by atoms with Crippen LogP contribution in [-0.2, 0) is 6.18 Å². The molecular weight excluding hydrogens is 339 g/mol. The van der Waals surface area contributed by atoms with E-state index in [4.69, 9.17) is 4.42 Å². The van der Waals surface area contributed by atoms with Crippen molar-refractivity contribution in [2.45, 2.75) is 19.5 Å². The molecule has 108 valence electrons. The molecule has 0 aliphatic rings. The van der Waals surface area contributed by atoms with Gasteiger partial charge in [-0.05, 0) is 28.4 Å². The van der Waals surface area contributed by atoms with E-state index in [-0.39, 0.29) is 17.3 Å². The van der Waals surface area contributed by atoms with Crippen molar-refractivity contribution in [2.75, 3.05) is 11.9 Å². The van der Waals surface area contributed by atoms with Crippen LogP contribution in [0.3, 0.4) is 0 Å². The molecule has 2 heterocycles. The summed E-state index contributed by atoms with van der Waals surface area (Å²) in [5.74, 6) is -0.846. The number of halogens is 4. The quantitative estimate of drug-likeness (QED) is 0.891. The number of nitrogens with zero attached hydrogens (tertiary/aromatic N) is 2. The molecule has 2 aromatic rings. The van der Waals surface area contributed by atoms with E-state index in [1.807, 2.05) is 6.92 Å². The Morgan fingerprint density at radius 2 is 2.10 bits per heavy atom. The number of alkyl halides is 3. The summed E-state index contributed by atoms with van der Waals surface area (Å²) in [6, 6.07) is 3.01. The van der Waals surface area contributed by atoms with Gasteiger partial charge in [0.05, 0.1) is 10.7 Å². The van der Waals surface area contributed by atoms with Crippen LogP contribution in [-0.4, -0.2) is 16.5 Å². The van der Waals surface area contributed by atoms with Crippen LogP contribution in [0.2, 0.25) is 0 Å². The molecule has 1 N–H and O–H groups in total. The van der Waals surface area contributed by atoms with Gasteiger partial charge >= 0.3 is 6.18 Å². The van der Waals surface area contributed by atoms with Gasteiger partial charge in [0.1, 0.15) is 11.5 Å². The molecule has 8 heteroatoms. The van der Waals surface area contributed by atoms with Crippen molar-refractivity contribution in [3.63, 3.8) is 0 Å². The summed E-state index contributed by atoms with van der Waals surface area (Å²) in [5, 5.41) is 2.82. The summed E-state index contributed by atoms with van der Waals surface area (Å²) in [7, 11) is 0. The molecule has 4 nitrogen and oxygen atoms in total. The van der Waals surface area contributed by atoms with Gasteiger partial charge in [-0.25, -0.2) is 9.97 Å². The average Bonchev–Trinajstić information content (AvgIpc) is 2.81. The van der Waals surface area contributed by atoms with Gasteiger partial charge in [-0.2, -0.15) is 13.2 Å². The molecule has 0 atom stereocenters. The SMILES string of the molecule is CCCNc1cc(-c2occc2Br)nc(C(F)(F)F)n1. The monoisotopic (exact) mass is 349 g/mol. The number of anilines is 1. The molecule has 0 saturated carbocycles. The van der Waals surface area contributed by atoms with Crippen LogP contribution in [0, 0.1) is 0 Å². The van der Waals surface area contributed by atoms with E-state index < -0.39 is 12.0 Å². The topological polar surface area (TPSA) is 51.0 Å². The Bertz CT molecular complexity index is 598. The van der Waals surface area contributed by atoms with Crippen molar-refractivity contribution in [3.05, 3.63) is 28.7 Å². The van der Waals surface area contributed by atoms with Crippen LogP contribution in [0.15, 0.2) is 27.3 Å². The van der Waals surface area contributed by atoms with Gasteiger partial charge in [0.2, 0.25) is 5.82 Å². The first-order valence-electron chi connectivity index (χ1n) is 5.85. The molecule has 2 rings (SSSR count). The van der Waals surface area contributed by atoms with E-state index in [0.29, 0.717) is 11.0 Å². The standard InChI is InChI=1S/C12H11BrF3N3O/c1-2-4-17-9-6-8(10-7(13)3-5-20-10)18-11(19-9)12(14,15)16/h3,5-6H,2,4H2,1H3,(H,17,18,19). The predicted octanol–water partition coefficient (Wildman–Crippen LogP) is 4.34. The van der Waals surface area contributed by atoms with Gasteiger partial charge in [0.15, 0.2) is 5.76 Å². The second-order valence-corrected chi connectivity index (χ2v) is 4.84. The Labute approximate surface area is 121 Å². The Balaban J connectivity index is 2.48. The van der Waals surface area contributed by atoms with E-state index in [0.717, 1.165) is 6.42 Å². The minimum absolute atomic E-state index is 0.0720. The fourth-order valence-corrected chi connectivity index (χ4v) is 1.91. The highest BCUT2D eigenvalue weighted by molar-refractivity contribution is 9.10. The molecule has 0 fully saturated rings. The fraction of sp³-hybridized carbons (Fsp3) is 0.333. The van der Waals surface area contributed by atoms with E-state index >= 15 is 0 Å². The van der Waals surface area contributed by atoms with Crippen LogP contribution in [0.5, 0.6) is 0 Å². The number of hydrogen-bond acceptors (Lipinski definition) is 4. The lowest BCUT2D eigenvalue weighted by atomic mass is 10.3. The van der Waals surface area contributed by atoms with Gasteiger partial charge in [0, 0.05) is 12.6 Å². The number of hydrogen-bond donors (Lipinski definition) is 1. The van der Waals surface area contributed by atoms with E-state index in [2.05, 4.69) is 31.2 Å². The van der Waals surface area contributed by atoms with Crippen LogP contribution in [0.4, 0.5) is 19.0 Å². The summed E-state index contributed by atoms with van der Waals surface area (Å²) >= 11 is 3.20. The summed E-state index contributed by atoms with van der Waals surface area (Å²) in [6.45, 7) is 2.43. The third-order valence-corrected chi connectivity index (χ3v) is 3.01. The zero-order valence-electron chi connectivity index (χ0n) is 10.5. The number of furan rings is 1. The lowest BCUT2D eigenvalue weighted by Gasteiger charge is -2.10. The smallest absolute Gasteiger partial charge is 0.451 e. The number of nitrogens with one attached hydrogen (secondary N) is 1. The molecule has 0 saturated heterocycles. The Morgan fingerprint density at radius 3 is 2.65 bits per heavy atom. The largest absolute Gasteiger partial charge is 0.461 e. The zero-order valence-corrected chi connectivity index (χ0v) is 12.0. The maximum absolute atomic E-state index is 12.8. The van der Waals surface area contributed by atoms with Gasteiger partial charge < -0.3 is 9.73 Å². The van der Waals surface area contributed by atoms with E-state index in [1.54, 1.807) is 6.07 Å². The van der Waals surface area contributed by atoms with Crippen molar-refractivity contribution in [1.29, 1.82) is 0 Å². The third-order valence-electron chi connectivity index (χ3n) is 2.39. The summed E-state index contributed by atoms with van der Waals surface area (Å²) in [4.78, 5) is 6.99. The fourth-order valence-electron chi connectivity index (χ4n) is 1.51. The molecule has 0 amide bonds. The Kier molecular flexibility index (Phi) is 4.32. The predicted molar refractivity (Wildman–Crippen MR) is 71.2 cm³/mol. The summed E-state index contributed by atoms with van der Waals surface area (Å²) in [5.41, 5.74) is 0.0720. The highest BCUT2D eigenvalue weighted by Gasteiger charge is 2.35. The Hall–Kier alpha value is -1.57. The second kappa shape index (κ2) is 5.82. The zero-order chi connectivity index (χ0) is 14.8. The minimum atomic E-state index is -4.61. The lowest BCUT2D eigenvalue weighted by molar-refractivity contribution is -0.144. The maximum atomic E-state index is 12.8. The van der Waals surface area contributed by atoms with Crippen LogP contribution < -0.4 is 5.32 Å². The molecule has 0 aliphatic heterocycles. The first kappa shape index (κ1) is 14.8. The van der Waals surface area contributed by atoms with Gasteiger partial charge in [0.25, 0.3) is 0 Å². The molecule has 2 aromatic heterocycles. The molecule has 0 spiro atoms. The van der Waals surface area contributed by atoms with Crippen molar-refractivity contribution in [2.24, 2.45) is 0 Å². The highest BCUT2D eigenvalue weighted by Crippen LogP contribution is 2.33. The molecule has 0 radical (unpaired) electrons. The summed E-state index contributed by atoms with van der Waals surface area (Å²) < 4.78 is 44.1. The average molecular weight is 350 g/mol. The molecule has 0 bridgehead atoms. The van der Waals surface area contributed by atoms with Crippen molar-refractivity contribution in [1.82, 2.24) is 9.97 Å². The molecule has 0 unspecified atom stereocenters. The van der Waals surface area contributed by atoms with E-state index in [1.165, 1.54) is 12.3 Å². The first-order chi connectivity index (χ1) is 9.41. The second-order valence-electron chi connectivity index (χ2n) is 3.98. The van der Waals surface area contributed by atoms with Gasteiger partial charge in [-0.1, -0.05) is 6.92 Å². The van der Waals surface area contributed by atoms with E-state index in [9.17, 15) is 13.2 Å². The van der Waals surface area contributed by atoms with Crippen LogP contribution in [0.25, 0.3) is 11.5 Å². The van der Waals surface area contributed by atoms with Crippen molar-refractivity contribution >= 4 is 21.7 Å². The third kappa shape index (κ3) is 3.30. The number of rotatable bonds is 4. The summed E-state index contributed by atoms with van der Waals surface area (Å²) in [6.07, 6.45) is -2.48. The minimum Gasteiger partial charge on any atom is -0.461 e. The number of aromatic nitrogens is 2. The molecule has 0 aliphatic carbocycles. The molecular formula is C12H11BrF3N3O. The molecule has 0 aromatic carbocycles. The van der Waals surface area contributed by atoms with Gasteiger partial charge in [-0.15, -0.1) is 0 Å². The van der Waals surface area contributed by atoms with Crippen LogP contribution >= 0.6 is 15.9 Å². The normalized spacial score (nSPS) is 11.7.